The lowest BCUT2D eigenvalue weighted by Crippen LogP contribution is -2.35. The number of hydrogen-bond acceptors (Lipinski definition) is 4. The van der Waals surface area contributed by atoms with Crippen LogP contribution in [0.25, 0.3) is 0 Å². The molecule has 5 nitrogen and oxygen atoms in total. The third kappa shape index (κ3) is 4.15. The summed E-state index contributed by atoms with van der Waals surface area (Å²) >= 11 is 0. The van der Waals surface area contributed by atoms with Crippen molar-refractivity contribution in [3.05, 3.63) is 0 Å². The fraction of sp³-hybridized carbons (Fsp3) is 0.857. The number of rotatable bonds is 5. The van der Waals surface area contributed by atoms with Gasteiger partial charge in [-0.3, -0.25) is 0 Å². The second-order valence-corrected chi connectivity index (χ2v) is 2.70. The SMILES string of the molecule is CCNN(C)/N=C(\N)C(C)CN. The molecule has 0 aliphatic rings. The molecule has 0 spiro atoms. The summed E-state index contributed by atoms with van der Waals surface area (Å²) in [5.74, 6) is 0.687. The minimum Gasteiger partial charge on any atom is -0.385 e. The fourth-order valence-electron chi connectivity index (χ4n) is 0.657. The van der Waals surface area contributed by atoms with Gasteiger partial charge in [0, 0.05) is 26.1 Å². The summed E-state index contributed by atoms with van der Waals surface area (Å²) in [4.78, 5) is 0. The molecule has 0 aliphatic carbocycles. The number of nitrogens with one attached hydrogen (secondary N) is 1. The summed E-state index contributed by atoms with van der Waals surface area (Å²) in [6.07, 6.45) is 0. The predicted octanol–water partition coefficient (Wildman–Crippen LogP) is -0.690. The standard InChI is InChI=1S/C7H19N5/c1-4-10-12(3)11-7(9)6(2)5-8/h6,10H,4-5,8H2,1-3H3,(H2,9,11). The van der Waals surface area contributed by atoms with Gasteiger partial charge in [-0.25, -0.2) is 10.5 Å². The van der Waals surface area contributed by atoms with Gasteiger partial charge < -0.3 is 11.5 Å². The fourth-order valence-corrected chi connectivity index (χ4v) is 0.657. The topological polar surface area (TPSA) is 79.7 Å². The summed E-state index contributed by atoms with van der Waals surface area (Å²) in [6, 6.07) is 0. The first-order valence-electron chi connectivity index (χ1n) is 4.13. The van der Waals surface area contributed by atoms with Crippen LogP contribution in [0.4, 0.5) is 0 Å². The first-order chi connectivity index (χ1) is 5.61. The molecule has 0 heterocycles. The Bertz CT molecular complexity index is 145. The molecule has 72 valence electrons. The molecule has 0 aliphatic heterocycles. The molecular formula is C7H19N5. The van der Waals surface area contributed by atoms with E-state index in [0.29, 0.717) is 12.4 Å². The Balaban J connectivity index is 3.96. The molecule has 1 atom stereocenters. The van der Waals surface area contributed by atoms with E-state index in [9.17, 15) is 0 Å². The maximum absolute atomic E-state index is 5.65. The summed E-state index contributed by atoms with van der Waals surface area (Å²) < 4.78 is 0. The average Bonchev–Trinajstić information content (AvgIpc) is 2.03. The Morgan fingerprint density at radius 2 is 2.25 bits per heavy atom. The molecule has 0 fully saturated rings. The number of hydrogen-bond donors (Lipinski definition) is 3. The normalized spacial score (nSPS) is 14.5. The highest BCUT2D eigenvalue weighted by Crippen LogP contribution is 1.91. The molecule has 0 saturated carbocycles. The number of nitrogens with two attached hydrogens (primary N) is 2. The van der Waals surface area contributed by atoms with Crippen LogP contribution in [0.2, 0.25) is 0 Å². The summed E-state index contributed by atoms with van der Waals surface area (Å²) in [5.41, 5.74) is 14.1. The second-order valence-electron chi connectivity index (χ2n) is 2.70. The first-order valence-corrected chi connectivity index (χ1v) is 4.13. The van der Waals surface area contributed by atoms with Gasteiger partial charge in [0.25, 0.3) is 0 Å². The first kappa shape index (κ1) is 11.2. The monoisotopic (exact) mass is 173 g/mol. The van der Waals surface area contributed by atoms with Crippen LogP contribution in [0.5, 0.6) is 0 Å². The Kier molecular flexibility index (Phi) is 5.40. The number of hydrazone groups is 1. The van der Waals surface area contributed by atoms with Crippen LogP contribution in [-0.4, -0.2) is 31.1 Å². The molecule has 12 heavy (non-hydrogen) atoms. The number of hydrazine groups is 1. The maximum Gasteiger partial charge on any atom is 0.125 e. The van der Waals surface area contributed by atoms with Crippen molar-refractivity contribution in [1.29, 1.82) is 0 Å². The lowest BCUT2D eigenvalue weighted by Gasteiger charge is -2.15. The molecule has 0 rings (SSSR count). The van der Waals surface area contributed by atoms with Gasteiger partial charge in [-0.2, -0.15) is 0 Å². The highest BCUT2D eigenvalue weighted by molar-refractivity contribution is 5.82. The Morgan fingerprint density at radius 1 is 1.67 bits per heavy atom. The largest absolute Gasteiger partial charge is 0.385 e. The number of nitrogens with zero attached hydrogens (tertiary/aromatic N) is 2. The molecule has 0 bridgehead atoms. The van der Waals surface area contributed by atoms with Gasteiger partial charge in [0.15, 0.2) is 0 Å². The summed E-state index contributed by atoms with van der Waals surface area (Å²) in [7, 11) is 1.81. The van der Waals surface area contributed by atoms with Crippen molar-refractivity contribution in [2.75, 3.05) is 20.1 Å². The van der Waals surface area contributed by atoms with Crippen molar-refractivity contribution in [3.8, 4) is 0 Å². The molecule has 0 radical (unpaired) electrons. The van der Waals surface area contributed by atoms with Gasteiger partial charge in [-0.1, -0.05) is 13.8 Å². The van der Waals surface area contributed by atoms with Crippen LogP contribution in [0.3, 0.4) is 0 Å². The molecule has 0 aromatic rings. The van der Waals surface area contributed by atoms with Crippen molar-refractivity contribution >= 4 is 5.84 Å². The van der Waals surface area contributed by atoms with Gasteiger partial charge in [0.1, 0.15) is 5.84 Å². The Hall–Kier alpha value is -0.810. The molecule has 0 amide bonds. The van der Waals surface area contributed by atoms with E-state index in [4.69, 9.17) is 11.5 Å². The molecule has 0 aromatic carbocycles. The highest BCUT2D eigenvalue weighted by Gasteiger charge is 2.04. The zero-order valence-corrected chi connectivity index (χ0v) is 8.04. The van der Waals surface area contributed by atoms with Gasteiger partial charge in [-0.05, 0) is 0 Å². The molecule has 5 N–H and O–H groups in total. The number of amidine groups is 1. The lowest BCUT2D eigenvalue weighted by molar-refractivity contribution is 0.252. The molecule has 5 heteroatoms. The van der Waals surface area contributed by atoms with Crippen LogP contribution in [0, 0.1) is 5.92 Å². The lowest BCUT2D eigenvalue weighted by atomic mass is 10.2. The highest BCUT2D eigenvalue weighted by atomic mass is 15.7. The minimum atomic E-state index is 0.131. The predicted molar refractivity (Wildman–Crippen MR) is 51.3 cm³/mol. The van der Waals surface area contributed by atoms with Gasteiger partial charge in [0.2, 0.25) is 0 Å². The summed E-state index contributed by atoms with van der Waals surface area (Å²) in [6.45, 7) is 5.28. The van der Waals surface area contributed by atoms with Crippen LogP contribution in [-0.2, 0) is 0 Å². The third-order valence-electron chi connectivity index (χ3n) is 1.51. The van der Waals surface area contributed by atoms with Gasteiger partial charge in [-0.15, -0.1) is 5.10 Å². The van der Waals surface area contributed by atoms with E-state index in [1.807, 2.05) is 13.8 Å². The van der Waals surface area contributed by atoms with Gasteiger partial charge >= 0.3 is 0 Å². The quantitative estimate of drug-likeness (QED) is 0.292. The maximum atomic E-state index is 5.65. The smallest absolute Gasteiger partial charge is 0.125 e. The van der Waals surface area contributed by atoms with Crippen molar-refractivity contribution < 1.29 is 0 Å². The molecule has 0 saturated heterocycles. The van der Waals surface area contributed by atoms with E-state index in [1.54, 1.807) is 12.2 Å². The van der Waals surface area contributed by atoms with Crippen LogP contribution < -0.4 is 16.9 Å². The van der Waals surface area contributed by atoms with E-state index in [2.05, 4.69) is 10.5 Å². The van der Waals surface area contributed by atoms with E-state index in [-0.39, 0.29) is 5.92 Å². The van der Waals surface area contributed by atoms with Crippen LogP contribution >= 0.6 is 0 Å². The van der Waals surface area contributed by atoms with Crippen molar-refractivity contribution in [3.63, 3.8) is 0 Å². The van der Waals surface area contributed by atoms with Crippen molar-refractivity contribution in [2.45, 2.75) is 13.8 Å². The van der Waals surface area contributed by atoms with E-state index in [1.165, 1.54) is 0 Å². The minimum absolute atomic E-state index is 0.131. The van der Waals surface area contributed by atoms with Crippen LogP contribution in [0.1, 0.15) is 13.8 Å². The van der Waals surface area contributed by atoms with Crippen molar-refractivity contribution in [2.24, 2.45) is 22.5 Å². The van der Waals surface area contributed by atoms with E-state index < -0.39 is 0 Å². The van der Waals surface area contributed by atoms with Crippen molar-refractivity contribution in [1.82, 2.24) is 10.5 Å². The third-order valence-corrected chi connectivity index (χ3v) is 1.51. The molecule has 0 aromatic heterocycles. The second kappa shape index (κ2) is 5.79. The van der Waals surface area contributed by atoms with Crippen LogP contribution in [0.15, 0.2) is 5.10 Å². The Morgan fingerprint density at radius 3 is 2.67 bits per heavy atom. The average molecular weight is 173 g/mol. The molecular weight excluding hydrogens is 154 g/mol. The Labute approximate surface area is 73.8 Å². The van der Waals surface area contributed by atoms with E-state index in [0.717, 1.165) is 6.54 Å². The summed E-state index contributed by atoms with van der Waals surface area (Å²) in [5, 5.41) is 5.67. The van der Waals surface area contributed by atoms with E-state index >= 15 is 0 Å². The zero-order valence-electron chi connectivity index (χ0n) is 8.04. The van der Waals surface area contributed by atoms with Gasteiger partial charge in [0.05, 0.1) is 0 Å². The zero-order chi connectivity index (χ0) is 9.56. The molecule has 1 unspecified atom stereocenters.